The minimum Gasteiger partial charge on any atom is -0.341 e. The number of ether oxygens (including phenoxy) is 2. The van der Waals surface area contributed by atoms with Crippen LogP contribution in [0.1, 0.15) is 17.5 Å². The van der Waals surface area contributed by atoms with Crippen molar-refractivity contribution in [1.82, 2.24) is 0 Å². The lowest BCUT2D eigenvalue weighted by Crippen LogP contribution is -2.40. The van der Waals surface area contributed by atoms with Crippen LogP contribution in [0.3, 0.4) is 0 Å². The topological polar surface area (TPSA) is 22.3 Å². The monoisotopic (exact) mass is 276 g/mol. The number of nitrogens with zero attached hydrogens (tertiary/aromatic N) is 1. The molecular formula is C15H15ClNO2+. The van der Waals surface area contributed by atoms with Crippen molar-refractivity contribution < 1.29 is 14.0 Å². The Morgan fingerprint density at radius 1 is 1.11 bits per heavy atom. The van der Waals surface area contributed by atoms with Crippen molar-refractivity contribution in [3.8, 4) is 0 Å². The van der Waals surface area contributed by atoms with Crippen LogP contribution in [0.4, 0.5) is 0 Å². The molecule has 0 unspecified atom stereocenters. The maximum atomic E-state index is 6.07. The van der Waals surface area contributed by atoms with Gasteiger partial charge in [0.05, 0.1) is 18.2 Å². The molecule has 3 rings (SSSR count). The van der Waals surface area contributed by atoms with Gasteiger partial charge in [-0.15, -0.1) is 0 Å². The average Bonchev–Trinajstić information content (AvgIpc) is 2.96. The molecule has 0 atom stereocenters. The smallest absolute Gasteiger partial charge is 0.245 e. The summed E-state index contributed by atoms with van der Waals surface area (Å²) in [6.45, 7) is 2.03. The SMILES string of the molecule is Clc1cc[n+](Cc2ccccc2)c(C2OCCO2)c1. The van der Waals surface area contributed by atoms with Crippen molar-refractivity contribution in [3.63, 3.8) is 0 Å². The molecule has 0 N–H and O–H groups in total. The Morgan fingerprint density at radius 2 is 1.84 bits per heavy atom. The van der Waals surface area contributed by atoms with Crippen LogP contribution in [0.2, 0.25) is 5.02 Å². The Hall–Kier alpha value is -1.42. The number of hydrogen-bond donors (Lipinski definition) is 0. The number of benzene rings is 1. The largest absolute Gasteiger partial charge is 0.341 e. The molecule has 0 bridgehead atoms. The minimum absolute atomic E-state index is 0.317. The highest BCUT2D eigenvalue weighted by atomic mass is 35.5. The zero-order chi connectivity index (χ0) is 13.1. The van der Waals surface area contributed by atoms with Crippen LogP contribution in [0.5, 0.6) is 0 Å². The molecule has 1 aromatic carbocycles. The summed E-state index contributed by atoms with van der Waals surface area (Å²) in [4.78, 5) is 0. The lowest BCUT2D eigenvalue weighted by atomic mass is 10.2. The van der Waals surface area contributed by atoms with Gasteiger partial charge in [0, 0.05) is 17.7 Å². The molecule has 0 amide bonds. The summed E-state index contributed by atoms with van der Waals surface area (Å²) in [5, 5.41) is 0.693. The fourth-order valence-corrected chi connectivity index (χ4v) is 2.34. The van der Waals surface area contributed by atoms with Gasteiger partial charge in [-0.05, 0) is 0 Å². The van der Waals surface area contributed by atoms with E-state index in [0.717, 1.165) is 12.2 Å². The second kappa shape index (κ2) is 5.70. The maximum absolute atomic E-state index is 6.07. The van der Waals surface area contributed by atoms with Crippen LogP contribution in [-0.2, 0) is 16.0 Å². The standard InChI is InChI=1S/C15H15ClNO2/c16-13-6-7-17(11-12-4-2-1-3-5-12)14(10-13)15-18-8-9-19-15/h1-7,10,15H,8-9,11H2/q+1. The Labute approximate surface area is 117 Å². The highest BCUT2D eigenvalue weighted by molar-refractivity contribution is 6.30. The number of halogens is 1. The zero-order valence-corrected chi connectivity index (χ0v) is 11.2. The first kappa shape index (κ1) is 12.6. The second-order valence-corrected chi connectivity index (χ2v) is 4.89. The lowest BCUT2D eigenvalue weighted by molar-refractivity contribution is -0.701. The third kappa shape index (κ3) is 2.95. The van der Waals surface area contributed by atoms with Crippen LogP contribution < -0.4 is 4.57 Å². The predicted octanol–water partition coefficient (Wildman–Crippen LogP) is 2.72. The van der Waals surface area contributed by atoms with Gasteiger partial charge in [0.15, 0.2) is 12.7 Å². The summed E-state index contributed by atoms with van der Waals surface area (Å²) in [5.41, 5.74) is 2.18. The number of pyridine rings is 1. The summed E-state index contributed by atoms with van der Waals surface area (Å²) < 4.78 is 13.2. The molecule has 98 valence electrons. The molecule has 4 heteroatoms. The van der Waals surface area contributed by atoms with Crippen LogP contribution in [0.15, 0.2) is 48.7 Å². The molecule has 2 heterocycles. The molecule has 1 fully saturated rings. The van der Waals surface area contributed by atoms with E-state index in [4.69, 9.17) is 21.1 Å². The van der Waals surface area contributed by atoms with E-state index < -0.39 is 0 Å². The Bertz CT molecular complexity index is 553. The quantitative estimate of drug-likeness (QED) is 0.805. The van der Waals surface area contributed by atoms with Crippen molar-refractivity contribution in [3.05, 3.63) is 64.9 Å². The fourth-order valence-electron chi connectivity index (χ4n) is 2.18. The zero-order valence-electron chi connectivity index (χ0n) is 10.5. The number of hydrogen-bond acceptors (Lipinski definition) is 2. The highest BCUT2D eigenvalue weighted by Gasteiger charge is 2.27. The summed E-state index contributed by atoms with van der Waals surface area (Å²) in [6.07, 6.45) is 1.65. The molecule has 3 nitrogen and oxygen atoms in total. The van der Waals surface area contributed by atoms with Gasteiger partial charge in [0.25, 0.3) is 0 Å². The molecule has 0 aliphatic carbocycles. The molecule has 0 spiro atoms. The molecule has 0 radical (unpaired) electrons. The maximum Gasteiger partial charge on any atom is 0.245 e. The lowest BCUT2D eigenvalue weighted by Gasteiger charge is -2.09. The van der Waals surface area contributed by atoms with Crippen molar-refractivity contribution in [2.45, 2.75) is 12.8 Å². The average molecular weight is 277 g/mol. The molecule has 1 aromatic heterocycles. The van der Waals surface area contributed by atoms with E-state index in [1.54, 1.807) is 0 Å². The third-order valence-corrected chi connectivity index (χ3v) is 3.33. The van der Waals surface area contributed by atoms with Crippen LogP contribution in [0, 0.1) is 0 Å². The fraction of sp³-hybridized carbons (Fsp3) is 0.267. The molecular weight excluding hydrogens is 262 g/mol. The number of rotatable bonds is 3. The second-order valence-electron chi connectivity index (χ2n) is 4.46. The highest BCUT2D eigenvalue weighted by Crippen LogP contribution is 2.22. The Balaban J connectivity index is 1.91. The van der Waals surface area contributed by atoms with Gasteiger partial charge in [0.2, 0.25) is 12.0 Å². The molecule has 2 aromatic rings. The van der Waals surface area contributed by atoms with Gasteiger partial charge in [-0.3, -0.25) is 0 Å². The van der Waals surface area contributed by atoms with E-state index in [1.165, 1.54) is 5.56 Å². The van der Waals surface area contributed by atoms with E-state index in [9.17, 15) is 0 Å². The number of aromatic nitrogens is 1. The molecule has 0 saturated carbocycles. The summed E-state index contributed by atoms with van der Waals surface area (Å²) >= 11 is 6.07. The van der Waals surface area contributed by atoms with E-state index in [2.05, 4.69) is 16.7 Å². The molecule has 19 heavy (non-hydrogen) atoms. The van der Waals surface area contributed by atoms with Gasteiger partial charge < -0.3 is 9.47 Å². The van der Waals surface area contributed by atoms with E-state index in [-0.39, 0.29) is 6.29 Å². The Kier molecular flexibility index (Phi) is 3.78. The summed E-state index contributed by atoms with van der Waals surface area (Å²) in [7, 11) is 0. The minimum atomic E-state index is -0.317. The first-order valence-electron chi connectivity index (χ1n) is 6.29. The van der Waals surface area contributed by atoms with Crippen molar-refractivity contribution in [2.24, 2.45) is 0 Å². The van der Waals surface area contributed by atoms with Gasteiger partial charge in [-0.2, -0.15) is 4.57 Å². The van der Waals surface area contributed by atoms with Crippen LogP contribution in [0.25, 0.3) is 0 Å². The van der Waals surface area contributed by atoms with Crippen molar-refractivity contribution in [2.75, 3.05) is 13.2 Å². The summed E-state index contributed by atoms with van der Waals surface area (Å²) in [5.74, 6) is 0. The van der Waals surface area contributed by atoms with Gasteiger partial charge in [-0.25, -0.2) is 0 Å². The first-order chi connectivity index (χ1) is 9.33. The third-order valence-electron chi connectivity index (χ3n) is 3.09. The van der Waals surface area contributed by atoms with Crippen molar-refractivity contribution in [1.29, 1.82) is 0 Å². The first-order valence-corrected chi connectivity index (χ1v) is 6.67. The van der Waals surface area contributed by atoms with Crippen molar-refractivity contribution >= 4 is 11.6 Å². The van der Waals surface area contributed by atoms with Gasteiger partial charge in [-0.1, -0.05) is 41.9 Å². The van der Waals surface area contributed by atoms with Crippen LogP contribution >= 0.6 is 11.6 Å². The molecule has 1 aliphatic rings. The Morgan fingerprint density at radius 3 is 2.58 bits per heavy atom. The summed E-state index contributed by atoms with van der Waals surface area (Å²) in [6, 6.07) is 14.1. The van der Waals surface area contributed by atoms with Gasteiger partial charge in [0.1, 0.15) is 0 Å². The molecule has 1 aliphatic heterocycles. The predicted molar refractivity (Wildman–Crippen MR) is 71.8 cm³/mol. The van der Waals surface area contributed by atoms with E-state index in [0.29, 0.717) is 18.2 Å². The molecule has 1 saturated heterocycles. The van der Waals surface area contributed by atoms with E-state index >= 15 is 0 Å². The van der Waals surface area contributed by atoms with E-state index in [1.807, 2.05) is 36.5 Å². The normalized spacial score (nSPS) is 15.8. The van der Waals surface area contributed by atoms with Crippen LogP contribution in [-0.4, -0.2) is 13.2 Å². The van der Waals surface area contributed by atoms with Gasteiger partial charge >= 0.3 is 0 Å².